The first kappa shape index (κ1) is 14.0. The molecule has 0 heterocycles. The minimum absolute atomic E-state index is 0.187. The Labute approximate surface area is 103 Å². The summed E-state index contributed by atoms with van der Waals surface area (Å²) in [6, 6.07) is 9.52. The molecular formula is C14H22O3. The maximum absolute atomic E-state index is 9.79. The molecule has 1 aromatic carbocycles. The van der Waals surface area contributed by atoms with Gasteiger partial charge in [-0.2, -0.15) is 0 Å². The first-order valence-electron chi connectivity index (χ1n) is 5.94. The topological polar surface area (TPSA) is 38.7 Å². The monoisotopic (exact) mass is 238 g/mol. The van der Waals surface area contributed by atoms with Gasteiger partial charge in [0.25, 0.3) is 0 Å². The molecule has 0 spiro atoms. The van der Waals surface area contributed by atoms with Crippen molar-refractivity contribution in [2.75, 3.05) is 13.7 Å². The molecule has 0 bridgehead atoms. The Morgan fingerprint density at radius 1 is 1.24 bits per heavy atom. The minimum atomic E-state index is -0.454. The van der Waals surface area contributed by atoms with Gasteiger partial charge in [-0.3, -0.25) is 0 Å². The van der Waals surface area contributed by atoms with Crippen LogP contribution in [0.25, 0.3) is 0 Å². The first-order chi connectivity index (χ1) is 8.03. The fourth-order valence-electron chi connectivity index (χ4n) is 1.41. The molecule has 0 saturated heterocycles. The minimum Gasteiger partial charge on any atom is -0.491 e. The molecule has 1 rings (SSSR count). The van der Waals surface area contributed by atoms with E-state index < -0.39 is 6.10 Å². The van der Waals surface area contributed by atoms with Gasteiger partial charge in [0.05, 0.1) is 11.7 Å². The predicted octanol–water partition coefficient (Wildman–Crippen LogP) is 2.63. The van der Waals surface area contributed by atoms with Crippen LogP contribution < -0.4 is 4.74 Å². The molecule has 1 unspecified atom stereocenters. The van der Waals surface area contributed by atoms with E-state index in [1.165, 1.54) is 0 Å². The fraction of sp³-hybridized carbons (Fsp3) is 0.571. The molecule has 3 nitrogen and oxygen atoms in total. The highest BCUT2D eigenvalue weighted by molar-refractivity contribution is 5.20. The molecule has 1 N–H and O–H groups in total. The second-order valence-corrected chi connectivity index (χ2v) is 4.78. The molecule has 0 aliphatic heterocycles. The standard InChI is InChI=1S/C14H22O3/c1-14(2,16-3)10-9-12(15)11-17-13-7-5-4-6-8-13/h4-8,12,15H,9-11H2,1-3H3. The molecule has 1 aromatic rings. The van der Waals surface area contributed by atoms with Crippen LogP contribution in [0.4, 0.5) is 0 Å². The van der Waals surface area contributed by atoms with Gasteiger partial charge in [-0.15, -0.1) is 0 Å². The third-order valence-corrected chi connectivity index (χ3v) is 2.82. The summed E-state index contributed by atoms with van der Waals surface area (Å²) in [5, 5.41) is 9.79. The lowest BCUT2D eigenvalue weighted by Crippen LogP contribution is -2.26. The quantitative estimate of drug-likeness (QED) is 0.793. The number of ether oxygens (including phenoxy) is 2. The second-order valence-electron chi connectivity index (χ2n) is 4.78. The van der Waals surface area contributed by atoms with Gasteiger partial charge < -0.3 is 14.6 Å². The van der Waals surface area contributed by atoms with Crippen LogP contribution in [0.15, 0.2) is 30.3 Å². The molecule has 96 valence electrons. The van der Waals surface area contributed by atoms with E-state index in [4.69, 9.17) is 9.47 Å². The summed E-state index contributed by atoms with van der Waals surface area (Å²) in [6.45, 7) is 4.35. The third kappa shape index (κ3) is 5.71. The lowest BCUT2D eigenvalue weighted by atomic mass is 10.0. The Kier molecular flexibility index (Phi) is 5.45. The van der Waals surface area contributed by atoms with E-state index in [1.54, 1.807) is 7.11 Å². The molecule has 1 atom stereocenters. The van der Waals surface area contributed by atoms with Crippen LogP contribution in [-0.2, 0) is 4.74 Å². The van der Waals surface area contributed by atoms with E-state index in [-0.39, 0.29) is 5.60 Å². The zero-order valence-electron chi connectivity index (χ0n) is 10.8. The fourth-order valence-corrected chi connectivity index (χ4v) is 1.41. The van der Waals surface area contributed by atoms with Crippen LogP contribution in [0.3, 0.4) is 0 Å². The molecule has 0 radical (unpaired) electrons. The van der Waals surface area contributed by atoms with Gasteiger partial charge in [-0.1, -0.05) is 18.2 Å². The van der Waals surface area contributed by atoms with Crippen molar-refractivity contribution in [2.24, 2.45) is 0 Å². The van der Waals surface area contributed by atoms with Crippen LogP contribution in [-0.4, -0.2) is 30.5 Å². The summed E-state index contributed by atoms with van der Waals surface area (Å²) in [5.74, 6) is 0.789. The normalized spacial score (nSPS) is 13.4. The maximum atomic E-state index is 9.79. The highest BCUT2D eigenvalue weighted by Crippen LogP contribution is 2.17. The third-order valence-electron chi connectivity index (χ3n) is 2.82. The Hall–Kier alpha value is -1.06. The van der Waals surface area contributed by atoms with Crippen molar-refractivity contribution < 1.29 is 14.6 Å². The molecular weight excluding hydrogens is 216 g/mol. The summed E-state index contributed by atoms with van der Waals surface area (Å²) < 4.78 is 10.8. The van der Waals surface area contributed by atoms with E-state index in [9.17, 15) is 5.11 Å². The number of methoxy groups -OCH3 is 1. The van der Waals surface area contributed by atoms with E-state index in [1.807, 2.05) is 44.2 Å². The first-order valence-corrected chi connectivity index (χ1v) is 5.94. The van der Waals surface area contributed by atoms with Crippen molar-refractivity contribution >= 4 is 0 Å². The van der Waals surface area contributed by atoms with E-state index in [0.717, 1.165) is 12.2 Å². The molecule has 0 fully saturated rings. The molecule has 0 amide bonds. The van der Waals surface area contributed by atoms with Crippen LogP contribution in [0.1, 0.15) is 26.7 Å². The lowest BCUT2D eigenvalue weighted by Gasteiger charge is -2.24. The smallest absolute Gasteiger partial charge is 0.119 e. The molecule has 0 aliphatic carbocycles. The van der Waals surface area contributed by atoms with Crippen LogP contribution >= 0.6 is 0 Å². The van der Waals surface area contributed by atoms with Gasteiger partial charge >= 0.3 is 0 Å². The summed E-state index contributed by atoms with van der Waals surface area (Å²) in [4.78, 5) is 0. The number of rotatable bonds is 7. The highest BCUT2D eigenvalue weighted by atomic mass is 16.5. The largest absolute Gasteiger partial charge is 0.491 e. The number of hydrogen-bond donors (Lipinski definition) is 1. The number of benzene rings is 1. The van der Waals surface area contributed by atoms with Crippen molar-refractivity contribution in [3.8, 4) is 5.75 Å². The molecule has 3 heteroatoms. The van der Waals surface area contributed by atoms with Crippen LogP contribution in [0, 0.1) is 0 Å². The number of para-hydroxylation sites is 1. The Balaban J connectivity index is 2.24. The average molecular weight is 238 g/mol. The predicted molar refractivity (Wildman–Crippen MR) is 68.3 cm³/mol. The van der Waals surface area contributed by atoms with E-state index >= 15 is 0 Å². The molecule has 0 aliphatic rings. The lowest BCUT2D eigenvalue weighted by molar-refractivity contribution is -0.00189. The van der Waals surface area contributed by atoms with Crippen molar-refractivity contribution in [3.05, 3.63) is 30.3 Å². The molecule has 0 saturated carbocycles. The number of aliphatic hydroxyl groups excluding tert-OH is 1. The summed E-state index contributed by atoms with van der Waals surface area (Å²) >= 11 is 0. The van der Waals surface area contributed by atoms with Gasteiger partial charge in [0.1, 0.15) is 12.4 Å². The summed E-state index contributed by atoms with van der Waals surface area (Å²) in [7, 11) is 1.69. The second kappa shape index (κ2) is 6.62. The Morgan fingerprint density at radius 3 is 2.47 bits per heavy atom. The van der Waals surface area contributed by atoms with Gasteiger partial charge in [-0.25, -0.2) is 0 Å². The van der Waals surface area contributed by atoms with Crippen molar-refractivity contribution in [3.63, 3.8) is 0 Å². The number of hydrogen-bond acceptors (Lipinski definition) is 3. The van der Waals surface area contributed by atoms with Crippen LogP contribution in [0.5, 0.6) is 5.75 Å². The van der Waals surface area contributed by atoms with Crippen molar-refractivity contribution in [1.82, 2.24) is 0 Å². The molecule has 0 aromatic heterocycles. The Bertz CT molecular complexity index is 309. The Morgan fingerprint density at radius 2 is 1.88 bits per heavy atom. The summed E-state index contributed by atoms with van der Waals surface area (Å²) in [5.41, 5.74) is -0.187. The van der Waals surface area contributed by atoms with Crippen molar-refractivity contribution in [1.29, 1.82) is 0 Å². The van der Waals surface area contributed by atoms with Gasteiger partial charge in [0.2, 0.25) is 0 Å². The number of aliphatic hydroxyl groups is 1. The summed E-state index contributed by atoms with van der Waals surface area (Å²) in [6.07, 6.45) is 1.03. The van der Waals surface area contributed by atoms with Crippen molar-refractivity contribution in [2.45, 2.75) is 38.4 Å². The van der Waals surface area contributed by atoms with E-state index in [0.29, 0.717) is 13.0 Å². The average Bonchev–Trinajstić information content (AvgIpc) is 2.35. The van der Waals surface area contributed by atoms with Gasteiger partial charge in [0.15, 0.2) is 0 Å². The van der Waals surface area contributed by atoms with E-state index in [2.05, 4.69) is 0 Å². The maximum Gasteiger partial charge on any atom is 0.119 e. The zero-order chi connectivity index (χ0) is 12.7. The van der Waals surface area contributed by atoms with Gasteiger partial charge in [-0.05, 0) is 38.8 Å². The SMILES string of the molecule is COC(C)(C)CCC(O)COc1ccccc1. The van der Waals surface area contributed by atoms with Crippen LogP contribution in [0.2, 0.25) is 0 Å². The molecule has 17 heavy (non-hydrogen) atoms. The highest BCUT2D eigenvalue weighted by Gasteiger charge is 2.18. The zero-order valence-corrected chi connectivity index (χ0v) is 10.8. The van der Waals surface area contributed by atoms with Gasteiger partial charge in [0, 0.05) is 7.11 Å².